The van der Waals surface area contributed by atoms with Crippen molar-refractivity contribution >= 4 is 0 Å². The summed E-state index contributed by atoms with van der Waals surface area (Å²) in [5.41, 5.74) is 1.71. The van der Waals surface area contributed by atoms with Crippen LogP contribution in [-0.4, -0.2) is 11.6 Å². The van der Waals surface area contributed by atoms with Gasteiger partial charge in [0.1, 0.15) is 5.75 Å². The SMILES string of the molecule is CCCOc1ccc(-c2cccc(=O)[nH]2)cc1. The Kier molecular flexibility index (Phi) is 3.60. The van der Waals surface area contributed by atoms with Gasteiger partial charge in [0, 0.05) is 11.8 Å². The van der Waals surface area contributed by atoms with Crippen LogP contribution in [0, 0.1) is 0 Å². The van der Waals surface area contributed by atoms with Gasteiger partial charge in [-0.2, -0.15) is 0 Å². The molecule has 2 rings (SSSR count). The highest BCUT2D eigenvalue weighted by atomic mass is 16.5. The number of aromatic amines is 1. The number of H-pyrrole nitrogens is 1. The summed E-state index contributed by atoms with van der Waals surface area (Å²) >= 11 is 0. The van der Waals surface area contributed by atoms with Crippen molar-refractivity contribution in [3.63, 3.8) is 0 Å². The number of ether oxygens (including phenoxy) is 1. The van der Waals surface area contributed by atoms with Crippen molar-refractivity contribution in [3.8, 4) is 17.0 Å². The molecule has 88 valence electrons. The molecule has 0 atom stereocenters. The average molecular weight is 229 g/mol. The molecule has 0 bridgehead atoms. The molecule has 0 amide bonds. The van der Waals surface area contributed by atoms with Gasteiger partial charge in [0.25, 0.3) is 0 Å². The molecule has 3 heteroatoms. The largest absolute Gasteiger partial charge is 0.494 e. The molecule has 0 aliphatic heterocycles. The van der Waals surface area contributed by atoms with E-state index < -0.39 is 0 Å². The van der Waals surface area contributed by atoms with Crippen LogP contribution >= 0.6 is 0 Å². The zero-order valence-electron chi connectivity index (χ0n) is 9.77. The van der Waals surface area contributed by atoms with Crippen LogP contribution in [0.5, 0.6) is 5.75 Å². The predicted molar refractivity (Wildman–Crippen MR) is 68.3 cm³/mol. The van der Waals surface area contributed by atoms with Gasteiger partial charge in [-0.05, 0) is 42.3 Å². The topological polar surface area (TPSA) is 42.1 Å². The maximum Gasteiger partial charge on any atom is 0.248 e. The lowest BCUT2D eigenvalue weighted by molar-refractivity contribution is 0.317. The highest BCUT2D eigenvalue weighted by molar-refractivity contribution is 5.59. The summed E-state index contributed by atoms with van der Waals surface area (Å²) < 4.78 is 5.50. The average Bonchev–Trinajstić information content (AvgIpc) is 2.37. The quantitative estimate of drug-likeness (QED) is 0.875. The first-order valence-corrected chi connectivity index (χ1v) is 5.72. The van der Waals surface area contributed by atoms with Gasteiger partial charge in [-0.25, -0.2) is 0 Å². The van der Waals surface area contributed by atoms with E-state index in [0.717, 1.165) is 30.0 Å². The number of benzene rings is 1. The first-order valence-electron chi connectivity index (χ1n) is 5.72. The summed E-state index contributed by atoms with van der Waals surface area (Å²) in [6.45, 7) is 2.80. The Morgan fingerprint density at radius 2 is 1.88 bits per heavy atom. The Morgan fingerprint density at radius 1 is 1.12 bits per heavy atom. The molecule has 3 nitrogen and oxygen atoms in total. The molecule has 1 heterocycles. The maximum atomic E-state index is 11.2. The molecule has 0 fully saturated rings. The first kappa shape index (κ1) is 11.5. The Bertz CT molecular complexity index is 528. The minimum atomic E-state index is -0.0891. The zero-order chi connectivity index (χ0) is 12.1. The van der Waals surface area contributed by atoms with Crippen molar-refractivity contribution in [2.45, 2.75) is 13.3 Å². The second-order valence-corrected chi connectivity index (χ2v) is 3.80. The van der Waals surface area contributed by atoms with Crippen LogP contribution < -0.4 is 10.3 Å². The summed E-state index contributed by atoms with van der Waals surface area (Å²) in [7, 11) is 0. The molecular weight excluding hydrogens is 214 g/mol. The molecule has 0 saturated carbocycles. The number of rotatable bonds is 4. The highest BCUT2D eigenvalue weighted by Gasteiger charge is 1.99. The molecule has 0 spiro atoms. The van der Waals surface area contributed by atoms with E-state index in [-0.39, 0.29) is 5.56 Å². The lowest BCUT2D eigenvalue weighted by Crippen LogP contribution is -2.03. The molecular formula is C14H15NO2. The third kappa shape index (κ3) is 2.97. The molecule has 0 saturated heterocycles. The summed E-state index contributed by atoms with van der Waals surface area (Å²) in [6.07, 6.45) is 0.994. The van der Waals surface area contributed by atoms with E-state index in [1.807, 2.05) is 30.3 Å². The number of nitrogens with one attached hydrogen (secondary N) is 1. The van der Waals surface area contributed by atoms with E-state index in [1.54, 1.807) is 6.07 Å². The van der Waals surface area contributed by atoms with Crippen molar-refractivity contribution in [3.05, 3.63) is 52.8 Å². The number of aromatic nitrogens is 1. The van der Waals surface area contributed by atoms with Gasteiger partial charge < -0.3 is 9.72 Å². The Morgan fingerprint density at radius 3 is 2.53 bits per heavy atom. The lowest BCUT2D eigenvalue weighted by atomic mass is 10.1. The molecule has 0 unspecified atom stereocenters. The summed E-state index contributed by atoms with van der Waals surface area (Å²) in [5, 5.41) is 0. The van der Waals surface area contributed by atoms with Crippen LogP contribution in [0.3, 0.4) is 0 Å². The van der Waals surface area contributed by atoms with Gasteiger partial charge in [0.15, 0.2) is 0 Å². The summed E-state index contributed by atoms with van der Waals surface area (Å²) in [4.78, 5) is 14.0. The van der Waals surface area contributed by atoms with Crippen LogP contribution in [0.4, 0.5) is 0 Å². The number of hydrogen-bond donors (Lipinski definition) is 1. The predicted octanol–water partition coefficient (Wildman–Crippen LogP) is 2.83. The summed E-state index contributed by atoms with van der Waals surface area (Å²) in [6, 6.07) is 12.8. The molecule has 0 aliphatic carbocycles. The molecule has 1 N–H and O–H groups in total. The molecule has 0 aliphatic rings. The molecule has 0 radical (unpaired) electrons. The van der Waals surface area contributed by atoms with E-state index in [9.17, 15) is 4.79 Å². The van der Waals surface area contributed by atoms with Crippen molar-refractivity contribution in [2.75, 3.05) is 6.61 Å². The van der Waals surface area contributed by atoms with E-state index in [4.69, 9.17) is 4.74 Å². The van der Waals surface area contributed by atoms with Gasteiger partial charge >= 0.3 is 0 Å². The fourth-order valence-electron chi connectivity index (χ4n) is 1.57. The van der Waals surface area contributed by atoms with Crippen LogP contribution in [0.2, 0.25) is 0 Å². The van der Waals surface area contributed by atoms with Gasteiger partial charge in [-0.3, -0.25) is 4.79 Å². The first-order chi connectivity index (χ1) is 8.29. The van der Waals surface area contributed by atoms with Gasteiger partial charge in [-0.1, -0.05) is 13.0 Å². The second-order valence-electron chi connectivity index (χ2n) is 3.80. The van der Waals surface area contributed by atoms with E-state index >= 15 is 0 Å². The second kappa shape index (κ2) is 5.34. The Hall–Kier alpha value is -2.03. The molecule has 1 aromatic carbocycles. The van der Waals surface area contributed by atoms with Crippen molar-refractivity contribution in [1.82, 2.24) is 4.98 Å². The third-order valence-electron chi connectivity index (χ3n) is 2.41. The Labute approximate surface area is 100 Å². The van der Waals surface area contributed by atoms with Gasteiger partial charge in [0.2, 0.25) is 5.56 Å². The van der Waals surface area contributed by atoms with E-state index in [2.05, 4.69) is 11.9 Å². The number of pyridine rings is 1. The van der Waals surface area contributed by atoms with Crippen molar-refractivity contribution in [2.24, 2.45) is 0 Å². The fraction of sp³-hybridized carbons (Fsp3) is 0.214. The Balaban J connectivity index is 2.20. The monoisotopic (exact) mass is 229 g/mol. The van der Waals surface area contributed by atoms with Crippen molar-refractivity contribution in [1.29, 1.82) is 0 Å². The fourth-order valence-corrected chi connectivity index (χ4v) is 1.57. The van der Waals surface area contributed by atoms with Gasteiger partial charge in [-0.15, -0.1) is 0 Å². The van der Waals surface area contributed by atoms with E-state index in [0.29, 0.717) is 0 Å². The van der Waals surface area contributed by atoms with Crippen LogP contribution in [0.1, 0.15) is 13.3 Å². The molecule has 17 heavy (non-hydrogen) atoms. The smallest absolute Gasteiger partial charge is 0.248 e. The molecule has 2 aromatic rings. The minimum absolute atomic E-state index is 0.0891. The van der Waals surface area contributed by atoms with Gasteiger partial charge in [0.05, 0.1) is 6.61 Å². The normalized spacial score (nSPS) is 10.2. The van der Waals surface area contributed by atoms with Crippen LogP contribution in [0.15, 0.2) is 47.3 Å². The minimum Gasteiger partial charge on any atom is -0.494 e. The zero-order valence-corrected chi connectivity index (χ0v) is 9.77. The van der Waals surface area contributed by atoms with Crippen LogP contribution in [-0.2, 0) is 0 Å². The van der Waals surface area contributed by atoms with Crippen molar-refractivity contribution < 1.29 is 4.74 Å². The maximum absolute atomic E-state index is 11.2. The number of hydrogen-bond acceptors (Lipinski definition) is 2. The third-order valence-corrected chi connectivity index (χ3v) is 2.41. The van der Waals surface area contributed by atoms with Crippen LogP contribution in [0.25, 0.3) is 11.3 Å². The highest BCUT2D eigenvalue weighted by Crippen LogP contribution is 2.19. The molecule has 1 aromatic heterocycles. The summed E-state index contributed by atoms with van der Waals surface area (Å²) in [5.74, 6) is 0.855. The van der Waals surface area contributed by atoms with E-state index in [1.165, 1.54) is 6.07 Å². The lowest BCUT2D eigenvalue weighted by Gasteiger charge is -2.05. The standard InChI is InChI=1S/C14H15NO2/c1-2-10-17-12-8-6-11(7-9-12)13-4-3-5-14(16)15-13/h3-9H,2,10H2,1H3,(H,15,16).